The van der Waals surface area contributed by atoms with Gasteiger partial charge in [0.2, 0.25) is 0 Å². The summed E-state index contributed by atoms with van der Waals surface area (Å²) < 4.78 is 7.35. The predicted molar refractivity (Wildman–Crippen MR) is 95.9 cm³/mol. The van der Waals surface area contributed by atoms with Gasteiger partial charge < -0.3 is 9.30 Å². The Morgan fingerprint density at radius 1 is 1.04 bits per heavy atom. The van der Waals surface area contributed by atoms with E-state index in [2.05, 4.69) is 59.9 Å². The Morgan fingerprint density at radius 3 is 2.39 bits per heavy atom. The third kappa shape index (κ3) is 3.59. The summed E-state index contributed by atoms with van der Waals surface area (Å²) in [7, 11) is 3.74. The summed E-state index contributed by atoms with van der Waals surface area (Å²) in [6, 6.07) is 16.7. The molecular weight excluding hydrogens is 304 g/mol. The highest BCUT2D eigenvalue weighted by Crippen LogP contribution is 2.28. The second-order valence-electron chi connectivity index (χ2n) is 5.49. The molecule has 3 rings (SSSR count). The Hall–Kier alpha value is -2.20. The molecule has 1 heterocycles. The van der Waals surface area contributed by atoms with Crippen molar-refractivity contribution in [2.75, 3.05) is 7.11 Å². The molecule has 0 radical (unpaired) electrons. The first kappa shape index (κ1) is 15.7. The van der Waals surface area contributed by atoms with E-state index in [-0.39, 0.29) is 0 Å². The van der Waals surface area contributed by atoms with Crippen LogP contribution in [-0.4, -0.2) is 16.7 Å². The van der Waals surface area contributed by atoms with E-state index in [0.717, 1.165) is 27.9 Å². The van der Waals surface area contributed by atoms with Crippen LogP contribution in [0.2, 0.25) is 0 Å². The molecule has 23 heavy (non-hydrogen) atoms. The zero-order valence-electron chi connectivity index (χ0n) is 13.6. The fourth-order valence-electron chi connectivity index (χ4n) is 2.39. The van der Waals surface area contributed by atoms with Crippen LogP contribution in [0, 0.1) is 6.92 Å². The Labute approximate surface area is 141 Å². The first-order valence-corrected chi connectivity index (χ1v) is 8.50. The van der Waals surface area contributed by atoms with Crippen LogP contribution < -0.4 is 4.74 Å². The maximum atomic E-state index is 5.21. The highest BCUT2D eigenvalue weighted by molar-refractivity contribution is 7.98. The van der Waals surface area contributed by atoms with Crippen LogP contribution >= 0.6 is 11.8 Å². The molecule has 4 heteroatoms. The van der Waals surface area contributed by atoms with Gasteiger partial charge in [-0.1, -0.05) is 41.6 Å². The number of hydrogen-bond donors (Lipinski definition) is 0. The molecule has 3 aromatic rings. The molecule has 0 atom stereocenters. The van der Waals surface area contributed by atoms with Crippen LogP contribution in [0.1, 0.15) is 11.1 Å². The van der Waals surface area contributed by atoms with Crippen molar-refractivity contribution in [3.05, 3.63) is 65.9 Å². The SMILES string of the molecule is COc1ccc(-c2cnc(SCc3ccc(C)cc3)n2C)cc1. The second kappa shape index (κ2) is 6.92. The summed E-state index contributed by atoms with van der Waals surface area (Å²) in [6.45, 7) is 2.11. The quantitative estimate of drug-likeness (QED) is 0.637. The number of thioether (sulfide) groups is 1. The van der Waals surface area contributed by atoms with Crippen molar-refractivity contribution in [2.24, 2.45) is 7.05 Å². The smallest absolute Gasteiger partial charge is 0.168 e. The minimum atomic E-state index is 0.866. The van der Waals surface area contributed by atoms with Gasteiger partial charge in [0.1, 0.15) is 5.75 Å². The second-order valence-corrected chi connectivity index (χ2v) is 6.43. The van der Waals surface area contributed by atoms with E-state index >= 15 is 0 Å². The van der Waals surface area contributed by atoms with Crippen molar-refractivity contribution in [3.8, 4) is 17.0 Å². The van der Waals surface area contributed by atoms with Gasteiger partial charge in [0.15, 0.2) is 5.16 Å². The van der Waals surface area contributed by atoms with Crippen molar-refractivity contribution in [2.45, 2.75) is 17.8 Å². The number of benzene rings is 2. The minimum absolute atomic E-state index is 0.866. The summed E-state index contributed by atoms with van der Waals surface area (Å²) in [5, 5.41) is 1.02. The summed E-state index contributed by atoms with van der Waals surface area (Å²) in [4.78, 5) is 4.56. The molecule has 0 spiro atoms. The average Bonchev–Trinajstić information content (AvgIpc) is 2.95. The number of nitrogens with zero attached hydrogens (tertiary/aromatic N) is 2. The number of aromatic nitrogens is 2. The maximum Gasteiger partial charge on any atom is 0.168 e. The molecule has 0 unspecified atom stereocenters. The summed E-state index contributed by atoms with van der Waals surface area (Å²) in [5.41, 5.74) is 4.86. The first-order chi connectivity index (χ1) is 11.2. The van der Waals surface area contributed by atoms with Gasteiger partial charge in [0.25, 0.3) is 0 Å². The Morgan fingerprint density at radius 2 is 1.74 bits per heavy atom. The lowest BCUT2D eigenvalue weighted by Gasteiger charge is -2.07. The molecule has 3 nitrogen and oxygen atoms in total. The van der Waals surface area contributed by atoms with Crippen molar-refractivity contribution in [3.63, 3.8) is 0 Å². The fraction of sp³-hybridized carbons (Fsp3) is 0.211. The lowest BCUT2D eigenvalue weighted by molar-refractivity contribution is 0.415. The van der Waals surface area contributed by atoms with Crippen molar-refractivity contribution in [1.82, 2.24) is 9.55 Å². The van der Waals surface area contributed by atoms with Crippen molar-refractivity contribution < 1.29 is 4.74 Å². The van der Waals surface area contributed by atoms with Gasteiger partial charge >= 0.3 is 0 Å². The normalized spacial score (nSPS) is 10.7. The lowest BCUT2D eigenvalue weighted by Crippen LogP contribution is -1.94. The molecule has 0 saturated heterocycles. The molecule has 0 aliphatic heterocycles. The number of rotatable bonds is 5. The van der Waals surface area contributed by atoms with Gasteiger partial charge in [0.05, 0.1) is 19.0 Å². The summed E-state index contributed by atoms with van der Waals surface area (Å²) in [6.07, 6.45) is 1.93. The Bertz CT molecular complexity index is 776. The molecule has 0 N–H and O–H groups in total. The zero-order valence-corrected chi connectivity index (χ0v) is 14.4. The highest BCUT2D eigenvalue weighted by Gasteiger charge is 2.09. The van der Waals surface area contributed by atoms with E-state index in [1.54, 1.807) is 18.9 Å². The van der Waals surface area contributed by atoms with Crippen LogP contribution in [0.25, 0.3) is 11.3 Å². The molecule has 0 fully saturated rings. The first-order valence-electron chi connectivity index (χ1n) is 7.52. The maximum absolute atomic E-state index is 5.21. The molecular formula is C19H20N2OS. The van der Waals surface area contributed by atoms with Crippen molar-refractivity contribution >= 4 is 11.8 Å². The number of ether oxygens (including phenoxy) is 1. The van der Waals surface area contributed by atoms with Gasteiger partial charge in [-0.25, -0.2) is 4.98 Å². The Kier molecular flexibility index (Phi) is 4.72. The van der Waals surface area contributed by atoms with Crippen LogP contribution in [0.3, 0.4) is 0 Å². The zero-order chi connectivity index (χ0) is 16.2. The van der Waals surface area contributed by atoms with Gasteiger partial charge in [-0.15, -0.1) is 0 Å². The largest absolute Gasteiger partial charge is 0.497 e. The van der Waals surface area contributed by atoms with Crippen LogP contribution in [0.4, 0.5) is 0 Å². The number of methoxy groups -OCH3 is 1. The number of aryl methyl sites for hydroxylation is 1. The molecule has 0 aliphatic rings. The van der Waals surface area contributed by atoms with Crippen molar-refractivity contribution in [1.29, 1.82) is 0 Å². The minimum Gasteiger partial charge on any atom is -0.497 e. The molecule has 0 saturated carbocycles. The molecule has 0 aliphatic carbocycles. The van der Waals surface area contributed by atoms with Gasteiger partial charge in [-0.05, 0) is 36.8 Å². The predicted octanol–water partition coefficient (Wildman–Crippen LogP) is 4.70. The average molecular weight is 324 g/mol. The monoisotopic (exact) mass is 324 g/mol. The van der Waals surface area contributed by atoms with E-state index in [4.69, 9.17) is 4.74 Å². The molecule has 0 amide bonds. The Balaban J connectivity index is 1.74. The van der Waals surface area contributed by atoms with E-state index in [1.807, 2.05) is 18.3 Å². The highest BCUT2D eigenvalue weighted by atomic mass is 32.2. The topological polar surface area (TPSA) is 27.1 Å². The van der Waals surface area contributed by atoms with Gasteiger partial charge in [0, 0.05) is 18.4 Å². The van der Waals surface area contributed by atoms with Crippen LogP contribution in [0.15, 0.2) is 59.9 Å². The fourth-order valence-corrected chi connectivity index (χ4v) is 3.30. The molecule has 118 valence electrons. The number of imidazole rings is 1. The standard InChI is InChI=1S/C19H20N2OS/c1-14-4-6-15(7-5-14)13-23-19-20-12-18(21(19)2)16-8-10-17(22-3)11-9-16/h4-12H,13H2,1-3H3. The summed E-state index contributed by atoms with van der Waals surface area (Å²) in [5.74, 6) is 1.79. The van der Waals surface area contributed by atoms with Crippen LogP contribution in [0.5, 0.6) is 5.75 Å². The third-order valence-corrected chi connectivity index (χ3v) is 4.94. The van der Waals surface area contributed by atoms with Crippen LogP contribution in [-0.2, 0) is 12.8 Å². The van der Waals surface area contributed by atoms with E-state index in [1.165, 1.54) is 11.1 Å². The lowest BCUT2D eigenvalue weighted by atomic mass is 10.1. The van der Waals surface area contributed by atoms with E-state index in [0.29, 0.717) is 0 Å². The number of hydrogen-bond acceptors (Lipinski definition) is 3. The van der Waals surface area contributed by atoms with Gasteiger partial charge in [-0.2, -0.15) is 0 Å². The van der Waals surface area contributed by atoms with E-state index < -0.39 is 0 Å². The molecule has 1 aromatic heterocycles. The molecule has 2 aromatic carbocycles. The molecule has 0 bridgehead atoms. The summed E-state index contributed by atoms with van der Waals surface area (Å²) >= 11 is 1.76. The van der Waals surface area contributed by atoms with Gasteiger partial charge in [-0.3, -0.25) is 0 Å². The van der Waals surface area contributed by atoms with E-state index in [9.17, 15) is 0 Å². The third-order valence-electron chi connectivity index (χ3n) is 3.82.